The molecule has 0 saturated carbocycles. The molecular formula is C23H19N5O3. The zero-order valence-corrected chi connectivity index (χ0v) is 16.7. The second-order valence-electron chi connectivity index (χ2n) is 6.86. The first kappa shape index (κ1) is 19.8. The second kappa shape index (κ2) is 8.47. The number of benzene rings is 2. The summed E-state index contributed by atoms with van der Waals surface area (Å²) in [7, 11) is 0. The number of ether oxygens (including phenoxy) is 1. The lowest BCUT2D eigenvalue weighted by Crippen LogP contribution is -2.13. The number of carbonyl (C=O) groups is 1. The summed E-state index contributed by atoms with van der Waals surface area (Å²) >= 11 is 0. The minimum absolute atomic E-state index is 0.0385. The van der Waals surface area contributed by atoms with Gasteiger partial charge in [-0.05, 0) is 48.4 Å². The Bertz CT molecular complexity index is 1270. The van der Waals surface area contributed by atoms with Crippen LogP contribution in [0.4, 0.5) is 22.0 Å². The van der Waals surface area contributed by atoms with Gasteiger partial charge in [-0.25, -0.2) is 9.31 Å². The fourth-order valence-electron chi connectivity index (χ4n) is 3.25. The van der Waals surface area contributed by atoms with Gasteiger partial charge in [-0.2, -0.15) is 5.26 Å². The zero-order chi connectivity index (χ0) is 21.8. The number of rotatable bonds is 6. The lowest BCUT2D eigenvalue weighted by atomic mass is 10.1. The molecule has 0 bridgehead atoms. The summed E-state index contributed by atoms with van der Waals surface area (Å²) in [4.78, 5) is 11.1. The van der Waals surface area contributed by atoms with Gasteiger partial charge in [0.1, 0.15) is 24.0 Å². The number of hydrogen-bond acceptors (Lipinski definition) is 5. The third kappa shape index (κ3) is 4.26. The maximum atomic E-state index is 11.1. The molecule has 8 nitrogen and oxygen atoms in total. The van der Waals surface area contributed by atoms with Gasteiger partial charge in [0, 0.05) is 11.9 Å². The van der Waals surface area contributed by atoms with Gasteiger partial charge in [0.25, 0.3) is 0 Å². The van der Waals surface area contributed by atoms with Gasteiger partial charge < -0.3 is 15.2 Å². The highest BCUT2D eigenvalue weighted by atomic mass is 16.5. The van der Waals surface area contributed by atoms with Crippen LogP contribution in [0.2, 0.25) is 0 Å². The molecule has 0 fully saturated rings. The summed E-state index contributed by atoms with van der Waals surface area (Å²) in [5.74, 6) is 0.672. The van der Waals surface area contributed by atoms with Crippen molar-refractivity contribution in [3.63, 3.8) is 0 Å². The van der Waals surface area contributed by atoms with E-state index < -0.39 is 6.09 Å². The average molecular weight is 413 g/mol. The Hall–Kier alpha value is -4.51. The molecule has 4 rings (SSSR count). The maximum Gasteiger partial charge on any atom is 0.410 e. The second-order valence-corrected chi connectivity index (χ2v) is 6.86. The van der Waals surface area contributed by atoms with Crippen LogP contribution in [-0.2, 0) is 6.61 Å². The van der Waals surface area contributed by atoms with Gasteiger partial charge in [0.05, 0.1) is 11.2 Å². The maximum absolute atomic E-state index is 11.1. The van der Waals surface area contributed by atoms with Gasteiger partial charge in [-0.3, -0.25) is 5.32 Å². The number of anilines is 3. The SMILES string of the molecule is Cc1ccn2nc(NC(=O)O)c(C#N)c(Nc3ccc(OCc4ccccc4)cc3)c12. The first-order valence-corrected chi connectivity index (χ1v) is 9.51. The van der Waals surface area contributed by atoms with E-state index in [-0.39, 0.29) is 11.4 Å². The van der Waals surface area contributed by atoms with Crippen LogP contribution < -0.4 is 15.4 Å². The van der Waals surface area contributed by atoms with E-state index in [1.807, 2.05) is 67.6 Å². The molecule has 31 heavy (non-hydrogen) atoms. The Morgan fingerprint density at radius 1 is 1.16 bits per heavy atom. The van der Waals surface area contributed by atoms with E-state index >= 15 is 0 Å². The summed E-state index contributed by atoms with van der Waals surface area (Å²) in [6, 6.07) is 21.1. The van der Waals surface area contributed by atoms with Crippen LogP contribution >= 0.6 is 0 Å². The van der Waals surface area contributed by atoms with Gasteiger partial charge in [-0.1, -0.05) is 30.3 Å². The van der Waals surface area contributed by atoms with Crippen molar-refractivity contribution in [2.24, 2.45) is 0 Å². The molecule has 0 aliphatic carbocycles. The van der Waals surface area contributed by atoms with Crippen molar-refractivity contribution in [2.45, 2.75) is 13.5 Å². The Labute approximate surface area is 178 Å². The lowest BCUT2D eigenvalue weighted by molar-refractivity contribution is 0.209. The monoisotopic (exact) mass is 413 g/mol. The molecule has 0 aliphatic heterocycles. The van der Waals surface area contributed by atoms with Gasteiger partial charge in [0.2, 0.25) is 0 Å². The summed E-state index contributed by atoms with van der Waals surface area (Å²) in [5.41, 5.74) is 3.97. The first-order valence-electron chi connectivity index (χ1n) is 9.51. The smallest absolute Gasteiger partial charge is 0.410 e. The summed E-state index contributed by atoms with van der Waals surface area (Å²) in [6.07, 6.45) is 0.419. The number of aromatic nitrogens is 2. The van der Waals surface area contributed by atoms with Crippen LogP contribution in [0, 0.1) is 18.3 Å². The number of nitrogens with zero attached hydrogens (tertiary/aromatic N) is 3. The first-order chi connectivity index (χ1) is 15.0. The van der Waals surface area contributed by atoms with Crippen molar-refractivity contribution in [3.8, 4) is 11.8 Å². The molecule has 154 valence electrons. The number of nitrogens with one attached hydrogen (secondary N) is 2. The molecule has 2 aromatic heterocycles. The number of aryl methyl sites for hydroxylation is 1. The molecule has 0 spiro atoms. The predicted octanol–water partition coefficient (Wildman–Crippen LogP) is 4.93. The van der Waals surface area contributed by atoms with E-state index in [2.05, 4.69) is 21.8 Å². The standard InChI is InChI=1S/C23H19N5O3/c1-15-11-12-28-21(15)20(19(13-24)22(27-28)26-23(29)30)25-17-7-9-18(10-8-17)31-14-16-5-3-2-4-6-16/h2-12,25H,14H2,1H3,(H,26,27)(H,29,30). The van der Waals surface area contributed by atoms with Crippen LogP contribution in [0.3, 0.4) is 0 Å². The quantitative estimate of drug-likeness (QED) is 0.413. The molecule has 8 heteroatoms. The van der Waals surface area contributed by atoms with Crippen LogP contribution in [0.25, 0.3) is 5.52 Å². The third-order valence-corrected chi connectivity index (χ3v) is 4.71. The van der Waals surface area contributed by atoms with E-state index in [1.165, 1.54) is 0 Å². The lowest BCUT2D eigenvalue weighted by Gasteiger charge is -2.14. The van der Waals surface area contributed by atoms with E-state index in [0.717, 1.165) is 16.8 Å². The van der Waals surface area contributed by atoms with Crippen molar-refractivity contribution >= 4 is 28.8 Å². The highest BCUT2D eigenvalue weighted by Gasteiger charge is 2.19. The molecule has 4 aromatic rings. The van der Waals surface area contributed by atoms with Crippen LogP contribution in [0.5, 0.6) is 5.75 Å². The Morgan fingerprint density at radius 2 is 1.90 bits per heavy atom. The number of carboxylic acid groups (broad SMARTS) is 1. The number of nitriles is 1. The molecule has 2 aromatic carbocycles. The minimum atomic E-state index is -1.29. The minimum Gasteiger partial charge on any atom is -0.489 e. The Morgan fingerprint density at radius 3 is 2.58 bits per heavy atom. The molecule has 3 N–H and O–H groups in total. The van der Waals surface area contributed by atoms with Crippen LogP contribution in [0.1, 0.15) is 16.7 Å². The molecule has 2 heterocycles. The van der Waals surface area contributed by atoms with Crippen molar-refractivity contribution < 1.29 is 14.6 Å². The largest absolute Gasteiger partial charge is 0.489 e. The van der Waals surface area contributed by atoms with Crippen molar-refractivity contribution in [2.75, 3.05) is 10.6 Å². The Kier molecular flexibility index (Phi) is 5.41. The normalized spacial score (nSPS) is 10.5. The summed E-state index contributed by atoms with van der Waals surface area (Å²) in [5, 5.41) is 28.5. The molecule has 1 amide bonds. The molecule has 0 unspecified atom stereocenters. The third-order valence-electron chi connectivity index (χ3n) is 4.71. The number of hydrogen-bond donors (Lipinski definition) is 3. The topological polar surface area (TPSA) is 112 Å². The van der Waals surface area contributed by atoms with Crippen molar-refractivity contribution in [1.29, 1.82) is 5.26 Å². The highest BCUT2D eigenvalue weighted by Crippen LogP contribution is 2.32. The predicted molar refractivity (Wildman–Crippen MR) is 117 cm³/mol. The van der Waals surface area contributed by atoms with Crippen LogP contribution in [0.15, 0.2) is 66.9 Å². The zero-order valence-electron chi connectivity index (χ0n) is 16.7. The van der Waals surface area contributed by atoms with E-state index in [4.69, 9.17) is 9.84 Å². The fourth-order valence-corrected chi connectivity index (χ4v) is 3.25. The van der Waals surface area contributed by atoms with Gasteiger partial charge in [-0.15, -0.1) is 5.10 Å². The molecular weight excluding hydrogens is 394 g/mol. The highest BCUT2D eigenvalue weighted by molar-refractivity contribution is 5.92. The molecule has 0 atom stereocenters. The van der Waals surface area contributed by atoms with Crippen LogP contribution in [-0.4, -0.2) is 20.8 Å². The number of amides is 1. The summed E-state index contributed by atoms with van der Waals surface area (Å²) < 4.78 is 7.36. The van der Waals surface area contributed by atoms with E-state index in [9.17, 15) is 10.1 Å². The fraction of sp³-hybridized carbons (Fsp3) is 0.0870. The summed E-state index contributed by atoms with van der Waals surface area (Å²) in [6.45, 7) is 2.36. The van der Waals surface area contributed by atoms with Crippen molar-refractivity contribution in [3.05, 3.63) is 83.6 Å². The molecule has 0 saturated heterocycles. The molecule has 0 aliphatic rings. The molecule has 0 radical (unpaired) electrons. The number of fused-ring (bicyclic) bond motifs is 1. The van der Waals surface area contributed by atoms with Gasteiger partial charge >= 0.3 is 6.09 Å². The Balaban J connectivity index is 1.62. The van der Waals surface area contributed by atoms with E-state index in [1.54, 1.807) is 10.7 Å². The van der Waals surface area contributed by atoms with E-state index in [0.29, 0.717) is 23.6 Å². The average Bonchev–Trinajstić information content (AvgIpc) is 3.14. The van der Waals surface area contributed by atoms with Gasteiger partial charge in [0.15, 0.2) is 5.82 Å². The van der Waals surface area contributed by atoms with Crippen molar-refractivity contribution in [1.82, 2.24) is 9.61 Å².